The van der Waals surface area contributed by atoms with Crippen LogP contribution in [0.4, 0.5) is 0 Å². The van der Waals surface area contributed by atoms with Gasteiger partial charge in [0.15, 0.2) is 0 Å². The highest BCUT2D eigenvalue weighted by Gasteiger charge is 2.29. The molecule has 1 aliphatic rings. The van der Waals surface area contributed by atoms with Crippen LogP contribution in [0.5, 0.6) is 0 Å². The maximum Gasteiger partial charge on any atom is 0.237 e. The van der Waals surface area contributed by atoms with Crippen LogP contribution in [0.3, 0.4) is 0 Å². The zero-order chi connectivity index (χ0) is 13.7. The first-order valence-electron chi connectivity index (χ1n) is 6.55. The number of amides is 1. The summed E-state index contributed by atoms with van der Waals surface area (Å²) < 4.78 is 0. The minimum atomic E-state index is -0.461. The highest BCUT2D eigenvalue weighted by atomic mass is 16.3. The molecule has 1 saturated heterocycles. The number of benzene rings is 1. The van der Waals surface area contributed by atoms with Crippen LogP contribution in [-0.4, -0.2) is 47.5 Å². The van der Waals surface area contributed by atoms with Crippen LogP contribution < -0.4 is 10.6 Å². The van der Waals surface area contributed by atoms with Crippen molar-refractivity contribution in [1.29, 1.82) is 0 Å². The van der Waals surface area contributed by atoms with Gasteiger partial charge in [-0.05, 0) is 18.4 Å². The molecule has 19 heavy (non-hydrogen) atoms. The lowest BCUT2D eigenvalue weighted by molar-refractivity contribution is -0.123. The van der Waals surface area contributed by atoms with Gasteiger partial charge >= 0.3 is 0 Å². The Morgan fingerprint density at radius 3 is 2.74 bits per heavy atom. The zero-order valence-electron chi connectivity index (χ0n) is 10.7. The van der Waals surface area contributed by atoms with Crippen LogP contribution in [0, 0.1) is 0 Å². The van der Waals surface area contributed by atoms with Crippen molar-refractivity contribution < 1.29 is 15.0 Å². The van der Waals surface area contributed by atoms with Crippen molar-refractivity contribution in [3.63, 3.8) is 0 Å². The predicted octanol–water partition coefficient (Wildman–Crippen LogP) is -0.571. The van der Waals surface area contributed by atoms with E-state index in [0.717, 1.165) is 5.56 Å². The summed E-state index contributed by atoms with van der Waals surface area (Å²) in [7, 11) is 0. The van der Waals surface area contributed by atoms with E-state index in [2.05, 4.69) is 10.6 Å². The summed E-state index contributed by atoms with van der Waals surface area (Å²) in [5.74, 6) is -0.161. The molecule has 0 radical (unpaired) electrons. The van der Waals surface area contributed by atoms with E-state index >= 15 is 0 Å². The molecule has 104 valence electrons. The van der Waals surface area contributed by atoms with E-state index in [1.165, 1.54) is 0 Å². The lowest BCUT2D eigenvalue weighted by atomic mass is 10.1. The molecule has 0 spiro atoms. The van der Waals surface area contributed by atoms with Gasteiger partial charge in [-0.2, -0.15) is 0 Å². The van der Waals surface area contributed by atoms with Gasteiger partial charge in [0.1, 0.15) is 0 Å². The predicted molar refractivity (Wildman–Crippen MR) is 71.6 cm³/mol. The molecule has 5 heteroatoms. The maximum atomic E-state index is 12.0. The number of nitrogens with one attached hydrogen (secondary N) is 2. The quantitative estimate of drug-likeness (QED) is 0.574. The standard InChI is InChI=1S/C14H20N2O3/c17-9-11(6-10-4-2-1-3-5-10)16-14(19)13-7-12(18)8-15-13/h1-5,11-13,15,17-18H,6-9H2,(H,16,19)/t11-,12?,13?/m0/s1. The molecule has 0 bridgehead atoms. The molecule has 1 heterocycles. The van der Waals surface area contributed by atoms with Gasteiger partial charge in [-0.25, -0.2) is 0 Å². The van der Waals surface area contributed by atoms with Crippen molar-refractivity contribution >= 4 is 5.91 Å². The summed E-state index contributed by atoms with van der Waals surface area (Å²) >= 11 is 0. The van der Waals surface area contributed by atoms with Crippen molar-refractivity contribution in [3.8, 4) is 0 Å². The van der Waals surface area contributed by atoms with Gasteiger partial charge in [-0.1, -0.05) is 30.3 Å². The fourth-order valence-corrected chi connectivity index (χ4v) is 2.28. The lowest BCUT2D eigenvalue weighted by Crippen LogP contribution is -2.47. The zero-order valence-corrected chi connectivity index (χ0v) is 10.7. The number of aliphatic hydroxyl groups excluding tert-OH is 2. The van der Waals surface area contributed by atoms with Crippen molar-refractivity contribution in [2.24, 2.45) is 0 Å². The third-order valence-corrected chi connectivity index (χ3v) is 3.32. The molecular weight excluding hydrogens is 244 g/mol. The second-order valence-electron chi connectivity index (χ2n) is 4.93. The average molecular weight is 264 g/mol. The monoisotopic (exact) mass is 264 g/mol. The fraction of sp³-hybridized carbons (Fsp3) is 0.500. The fourth-order valence-electron chi connectivity index (χ4n) is 2.28. The first-order valence-corrected chi connectivity index (χ1v) is 6.55. The summed E-state index contributed by atoms with van der Waals surface area (Å²) in [5, 5.41) is 24.5. The molecule has 1 aromatic rings. The largest absolute Gasteiger partial charge is 0.394 e. The second kappa shape index (κ2) is 6.65. The smallest absolute Gasteiger partial charge is 0.237 e. The van der Waals surface area contributed by atoms with Gasteiger partial charge in [0.05, 0.1) is 24.8 Å². The SMILES string of the molecule is O=C(N[C@H](CO)Cc1ccccc1)C1CC(O)CN1. The Morgan fingerprint density at radius 1 is 1.42 bits per heavy atom. The first-order chi connectivity index (χ1) is 9.19. The lowest BCUT2D eigenvalue weighted by Gasteiger charge is -2.19. The topological polar surface area (TPSA) is 81.6 Å². The van der Waals surface area contributed by atoms with Gasteiger partial charge < -0.3 is 20.8 Å². The summed E-state index contributed by atoms with van der Waals surface area (Å²) in [6.07, 6.45) is 0.561. The van der Waals surface area contributed by atoms with E-state index in [9.17, 15) is 15.0 Å². The highest BCUT2D eigenvalue weighted by molar-refractivity contribution is 5.82. The number of β-amino-alcohol motifs (C(OH)–C–C–N with tert-alkyl or cyclic N) is 1. The Hall–Kier alpha value is -1.43. The molecule has 1 amide bonds. The molecule has 4 N–H and O–H groups in total. The van der Waals surface area contributed by atoms with Crippen LogP contribution in [-0.2, 0) is 11.2 Å². The maximum absolute atomic E-state index is 12.0. The van der Waals surface area contributed by atoms with E-state index in [-0.39, 0.29) is 24.6 Å². The summed E-state index contributed by atoms with van der Waals surface area (Å²) in [4.78, 5) is 12.0. The minimum absolute atomic E-state index is 0.101. The Bertz CT molecular complexity index is 410. The van der Waals surface area contributed by atoms with Crippen LogP contribution >= 0.6 is 0 Å². The van der Waals surface area contributed by atoms with Crippen LogP contribution in [0.25, 0.3) is 0 Å². The molecule has 1 aliphatic heterocycles. The average Bonchev–Trinajstić information content (AvgIpc) is 2.86. The second-order valence-corrected chi connectivity index (χ2v) is 4.93. The van der Waals surface area contributed by atoms with Gasteiger partial charge in [0, 0.05) is 6.54 Å². The molecular formula is C14H20N2O3. The first kappa shape index (κ1) is 14.0. The van der Waals surface area contributed by atoms with Crippen molar-refractivity contribution in [2.75, 3.05) is 13.2 Å². The van der Waals surface area contributed by atoms with Gasteiger partial charge in [0.2, 0.25) is 5.91 Å². The van der Waals surface area contributed by atoms with Crippen molar-refractivity contribution in [2.45, 2.75) is 31.0 Å². The Labute approximate surface area is 112 Å². The van der Waals surface area contributed by atoms with Gasteiger partial charge in [-0.3, -0.25) is 4.79 Å². The Morgan fingerprint density at radius 2 is 2.16 bits per heavy atom. The number of carbonyl (C=O) groups excluding carboxylic acids is 1. The third-order valence-electron chi connectivity index (χ3n) is 3.32. The number of carbonyl (C=O) groups is 1. The van der Waals surface area contributed by atoms with Crippen LogP contribution in [0.1, 0.15) is 12.0 Å². The number of hydrogen-bond acceptors (Lipinski definition) is 4. The van der Waals surface area contributed by atoms with Gasteiger partial charge in [0.25, 0.3) is 0 Å². The number of rotatable bonds is 5. The molecule has 2 unspecified atom stereocenters. The van der Waals surface area contributed by atoms with Crippen LogP contribution in [0.15, 0.2) is 30.3 Å². The molecule has 0 aromatic heterocycles. The minimum Gasteiger partial charge on any atom is -0.394 e. The number of hydrogen-bond donors (Lipinski definition) is 4. The van der Waals surface area contributed by atoms with Crippen molar-refractivity contribution in [3.05, 3.63) is 35.9 Å². The molecule has 1 aromatic carbocycles. The summed E-state index contributed by atoms with van der Waals surface area (Å²) in [5.41, 5.74) is 1.07. The Kier molecular flexibility index (Phi) is 4.90. The van der Waals surface area contributed by atoms with Crippen molar-refractivity contribution in [1.82, 2.24) is 10.6 Å². The number of aliphatic hydroxyl groups is 2. The van der Waals surface area contributed by atoms with E-state index < -0.39 is 6.10 Å². The third kappa shape index (κ3) is 4.02. The van der Waals surface area contributed by atoms with Gasteiger partial charge in [-0.15, -0.1) is 0 Å². The molecule has 0 saturated carbocycles. The van der Waals surface area contributed by atoms with Crippen LogP contribution in [0.2, 0.25) is 0 Å². The van der Waals surface area contributed by atoms with E-state index in [1.807, 2.05) is 30.3 Å². The van der Waals surface area contributed by atoms with E-state index in [0.29, 0.717) is 19.4 Å². The summed E-state index contributed by atoms with van der Waals surface area (Å²) in [6.45, 7) is 0.344. The Balaban J connectivity index is 1.87. The summed E-state index contributed by atoms with van der Waals surface area (Å²) in [6, 6.07) is 9.06. The molecule has 5 nitrogen and oxygen atoms in total. The molecule has 2 rings (SSSR count). The molecule has 0 aliphatic carbocycles. The molecule has 3 atom stereocenters. The highest BCUT2D eigenvalue weighted by Crippen LogP contribution is 2.08. The molecule has 1 fully saturated rings. The normalized spacial score (nSPS) is 24.1. The van der Waals surface area contributed by atoms with E-state index in [1.54, 1.807) is 0 Å². The van der Waals surface area contributed by atoms with E-state index in [4.69, 9.17) is 0 Å².